The number of hydrogen-bond acceptors (Lipinski definition) is 4. The van der Waals surface area contributed by atoms with Crippen LogP contribution < -0.4 is 5.73 Å². The fourth-order valence-corrected chi connectivity index (χ4v) is 4.01. The van der Waals surface area contributed by atoms with E-state index >= 15 is 0 Å². The lowest BCUT2D eigenvalue weighted by atomic mass is 9.87. The molecule has 3 aromatic carbocycles. The number of amides is 1. The number of nitrogens with one attached hydrogen (secondary N) is 1. The van der Waals surface area contributed by atoms with Crippen molar-refractivity contribution in [3.63, 3.8) is 0 Å². The maximum atomic E-state index is 13.8. The molecule has 0 heterocycles. The summed E-state index contributed by atoms with van der Waals surface area (Å²) in [6.07, 6.45) is 4.99. The van der Waals surface area contributed by atoms with Crippen LogP contribution >= 0.6 is 11.6 Å². The number of carbonyl (C=O) groups is 1. The maximum absolute atomic E-state index is 13.8. The predicted octanol–water partition coefficient (Wildman–Crippen LogP) is 6.46. The Balaban J connectivity index is 2.17. The molecule has 5 nitrogen and oxygen atoms in total. The zero-order chi connectivity index (χ0) is 25.5. The average Bonchev–Trinajstić information content (AvgIpc) is 2.86. The summed E-state index contributed by atoms with van der Waals surface area (Å²) in [5, 5.41) is 9.18. The van der Waals surface area contributed by atoms with Gasteiger partial charge in [0.1, 0.15) is 5.82 Å². The lowest BCUT2D eigenvalue weighted by Gasteiger charge is -2.18. The van der Waals surface area contributed by atoms with Crippen LogP contribution in [0.5, 0.6) is 0 Å². The van der Waals surface area contributed by atoms with E-state index in [1.807, 2.05) is 43.3 Å². The van der Waals surface area contributed by atoms with Gasteiger partial charge in [-0.1, -0.05) is 54.9 Å². The van der Waals surface area contributed by atoms with Gasteiger partial charge in [0.05, 0.1) is 12.1 Å². The van der Waals surface area contributed by atoms with Crippen LogP contribution in [-0.2, 0) is 9.63 Å². The molecule has 35 heavy (non-hydrogen) atoms. The second kappa shape index (κ2) is 11.6. The monoisotopic (exact) mass is 491 g/mol. The van der Waals surface area contributed by atoms with Crippen molar-refractivity contribution in [2.75, 3.05) is 19.9 Å². The van der Waals surface area contributed by atoms with E-state index in [0.717, 1.165) is 38.5 Å². The molecule has 0 fully saturated rings. The molecule has 0 aromatic heterocycles. The third-order valence-corrected chi connectivity index (χ3v) is 5.96. The molecule has 7 heteroatoms. The number of nitrogens with two attached hydrogens (primary N) is 1. The molecule has 1 amide bonds. The van der Waals surface area contributed by atoms with Crippen LogP contribution in [0, 0.1) is 11.2 Å². The molecule has 0 unspecified atom stereocenters. The number of benzene rings is 3. The third-order valence-electron chi connectivity index (χ3n) is 5.64. The molecule has 0 saturated heterocycles. The molecule has 0 aliphatic rings. The van der Waals surface area contributed by atoms with E-state index < -0.39 is 5.82 Å². The van der Waals surface area contributed by atoms with E-state index in [1.54, 1.807) is 18.2 Å². The van der Waals surface area contributed by atoms with Crippen LogP contribution in [0.1, 0.15) is 41.2 Å². The first-order valence-corrected chi connectivity index (χ1v) is 11.4. The van der Waals surface area contributed by atoms with Gasteiger partial charge in [0, 0.05) is 30.6 Å². The standard InChI is InChI=1S/C28H27ClFN3O2/c1-4-23(24-12-11-22(30)16-25(24)29)28(20-10-13-26(32)21(15-20)17-31)19-8-5-18(6-9-19)7-14-27(34)33(2)35-3/h5-17,31H,4,32H2,1-3H3/b14-7+,28-23+,31-17?. The molecule has 0 saturated carbocycles. The van der Waals surface area contributed by atoms with Crippen molar-refractivity contribution in [2.24, 2.45) is 0 Å². The highest BCUT2D eigenvalue weighted by Crippen LogP contribution is 2.38. The predicted molar refractivity (Wildman–Crippen MR) is 142 cm³/mol. The first-order valence-electron chi connectivity index (χ1n) is 11.0. The van der Waals surface area contributed by atoms with Crippen LogP contribution in [0.3, 0.4) is 0 Å². The molecular weight excluding hydrogens is 465 g/mol. The number of nitrogens with zero attached hydrogens (tertiary/aromatic N) is 1. The zero-order valence-electron chi connectivity index (χ0n) is 19.8. The Bertz CT molecular complexity index is 1300. The first-order chi connectivity index (χ1) is 16.8. The van der Waals surface area contributed by atoms with Gasteiger partial charge in [0.15, 0.2) is 0 Å². The van der Waals surface area contributed by atoms with Crippen molar-refractivity contribution in [2.45, 2.75) is 13.3 Å². The lowest BCUT2D eigenvalue weighted by molar-refractivity contribution is -0.162. The molecule has 3 N–H and O–H groups in total. The number of carbonyl (C=O) groups excluding carboxylic acids is 1. The Morgan fingerprint density at radius 3 is 2.40 bits per heavy atom. The van der Waals surface area contributed by atoms with Crippen LogP contribution in [0.15, 0.2) is 66.7 Å². The Morgan fingerprint density at radius 2 is 1.80 bits per heavy atom. The van der Waals surface area contributed by atoms with E-state index in [1.165, 1.54) is 38.6 Å². The summed E-state index contributed by atoms with van der Waals surface area (Å²) < 4.78 is 13.8. The molecule has 0 aliphatic carbocycles. The number of likely N-dealkylation sites (N-methyl/N-ethyl adjacent to an activating group) is 1. The minimum Gasteiger partial charge on any atom is -0.398 e. The van der Waals surface area contributed by atoms with E-state index in [4.69, 9.17) is 27.6 Å². The van der Waals surface area contributed by atoms with Crippen molar-refractivity contribution in [1.29, 1.82) is 5.41 Å². The number of hydrogen-bond donors (Lipinski definition) is 2. The summed E-state index contributed by atoms with van der Waals surface area (Å²) in [6.45, 7) is 2.01. The summed E-state index contributed by atoms with van der Waals surface area (Å²) in [4.78, 5) is 16.9. The van der Waals surface area contributed by atoms with Gasteiger partial charge in [-0.2, -0.15) is 0 Å². The van der Waals surface area contributed by atoms with Crippen LogP contribution in [0.2, 0.25) is 5.02 Å². The highest BCUT2D eigenvalue weighted by molar-refractivity contribution is 6.32. The Hall–Kier alpha value is -3.74. The Labute approximate surface area is 209 Å². The largest absolute Gasteiger partial charge is 0.398 e. The van der Waals surface area contributed by atoms with Crippen molar-refractivity contribution in [3.8, 4) is 0 Å². The molecule has 0 spiro atoms. The molecule has 3 aromatic rings. The van der Waals surface area contributed by atoms with Crippen molar-refractivity contribution in [1.82, 2.24) is 5.06 Å². The normalized spacial score (nSPS) is 11.9. The first kappa shape index (κ1) is 25.9. The van der Waals surface area contributed by atoms with Gasteiger partial charge in [-0.3, -0.25) is 9.63 Å². The van der Waals surface area contributed by atoms with Gasteiger partial charge in [0.25, 0.3) is 5.91 Å². The molecule has 0 aliphatic heterocycles. The summed E-state index contributed by atoms with van der Waals surface area (Å²) in [5.41, 5.74) is 12.3. The van der Waals surface area contributed by atoms with E-state index in [0.29, 0.717) is 22.7 Å². The molecule has 0 atom stereocenters. The number of rotatable bonds is 8. The van der Waals surface area contributed by atoms with Crippen molar-refractivity contribution >= 4 is 46.6 Å². The highest BCUT2D eigenvalue weighted by atomic mass is 35.5. The molecule has 3 rings (SSSR count). The van der Waals surface area contributed by atoms with Gasteiger partial charge in [-0.05, 0) is 70.2 Å². The van der Waals surface area contributed by atoms with Gasteiger partial charge in [0.2, 0.25) is 0 Å². The quantitative estimate of drug-likeness (QED) is 0.125. The van der Waals surface area contributed by atoms with E-state index in [2.05, 4.69) is 0 Å². The van der Waals surface area contributed by atoms with Crippen LogP contribution in [-0.4, -0.2) is 31.3 Å². The second-order valence-electron chi connectivity index (χ2n) is 7.79. The summed E-state index contributed by atoms with van der Waals surface area (Å²) in [7, 11) is 2.96. The Kier molecular flexibility index (Phi) is 8.58. The van der Waals surface area contributed by atoms with Gasteiger partial charge in [-0.25, -0.2) is 9.45 Å². The number of allylic oxidation sites excluding steroid dienone is 1. The summed E-state index contributed by atoms with van der Waals surface area (Å²) in [6, 6.07) is 17.6. The summed E-state index contributed by atoms with van der Waals surface area (Å²) in [5.74, 6) is -0.684. The minimum atomic E-state index is -0.404. The van der Waals surface area contributed by atoms with Crippen molar-refractivity contribution < 1.29 is 14.0 Å². The highest BCUT2D eigenvalue weighted by Gasteiger charge is 2.16. The number of nitrogen functional groups attached to an aromatic ring is 1. The maximum Gasteiger partial charge on any atom is 0.269 e. The van der Waals surface area contributed by atoms with Crippen molar-refractivity contribution in [3.05, 3.63) is 105 Å². The number of hydroxylamine groups is 2. The van der Waals surface area contributed by atoms with E-state index in [9.17, 15) is 9.18 Å². The second-order valence-corrected chi connectivity index (χ2v) is 8.20. The molecule has 180 valence electrons. The number of anilines is 1. The van der Waals surface area contributed by atoms with Gasteiger partial charge >= 0.3 is 0 Å². The average molecular weight is 492 g/mol. The third kappa shape index (κ3) is 6.04. The molecule has 0 bridgehead atoms. The van der Waals surface area contributed by atoms with E-state index in [-0.39, 0.29) is 5.91 Å². The smallest absolute Gasteiger partial charge is 0.269 e. The van der Waals surface area contributed by atoms with Gasteiger partial charge < -0.3 is 11.1 Å². The van der Waals surface area contributed by atoms with Crippen LogP contribution in [0.4, 0.5) is 10.1 Å². The number of halogens is 2. The summed E-state index contributed by atoms with van der Waals surface area (Å²) >= 11 is 6.45. The molecular formula is C28H27ClFN3O2. The fraction of sp³-hybridized carbons (Fsp3) is 0.143. The minimum absolute atomic E-state index is 0.280. The zero-order valence-corrected chi connectivity index (χ0v) is 20.6. The van der Waals surface area contributed by atoms with Crippen LogP contribution in [0.25, 0.3) is 17.2 Å². The SMILES string of the molecule is CC/C(=C(/c1ccc(/C=C/C(=O)N(C)OC)cc1)c1ccc(N)c(C=N)c1)c1ccc(F)cc1Cl. The topological polar surface area (TPSA) is 79.4 Å². The molecule has 0 radical (unpaired) electrons. The fourth-order valence-electron chi connectivity index (χ4n) is 3.73. The van der Waals surface area contributed by atoms with Gasteiger partial charge in [-0.15, -0.1) is 0 Å². The lowest BCUT2D eigenvalue weighted by Crippen LogP contribution is -2.22. The Morgan fingerprint density at radius 1 is 1.11 bits per heavy atom.